The zero-order valence-electron chi connectivity index (χ0n) is 2.10. The normalized spacial score (nSPS) is 6.50. The van der Waals surface area contributed by atoms with Crippen LogP contribution in [0.1, 0.15) is 0 Å². The van der Waals surface area contributed by atoms with Gasteiger partial charge >= 0.3 is 0 Å². The van der Waals surface area contributed by atoms with Gasteiger partial charge in [0, 0.05) is 0 Å². The maximum Gasteiger partial charge on any atom is 0.216 e. The molecular weight excluding hydrogens is 90.0 g/mol. The van der Waals surface area contributed by atoms with Crippen molar-refractivity contribution in [3.05, 3.63) is 0 Å². The van der Waals surface area contributed by atoms with Crippen LogP contribution in [0.3, 0.4) is 0 Å². The molecule has 1 unspecified atom stereocenters. The monoisotopic (exact) mass is 95.0 g/mol. The Balaban J connectivity index is 2.80. The van der Waals surface area contributed by atoms with Crippen LogP contribution in [0.25, 0.3) is 0 Å². The third-order valence-electron chi connectivity index (χ3n) is 0. The molecule has 0 heterocycles. The maximum atomic E-state index is 4.82. The highest BCUT2D eigenvalue weighted by Gasteiger charge is 1.57. The van der Waals surface area contributed by atoms with Crippen molar-refractivity contribution in [2.75, 3.05) is 0 Å². The predicted molar refractivity (Wildman–Crippen MR) is 22.5 cm³/mol. The Bertz CT molecular complexity index is 27.0. The average molecular weight is 95.0 g/mol. The van der Waals surface area contributed by atoms with E-state index >= 15 is 0 Å². The molecule has 0 aromatic rings. The molecule has 0 aromatic carbocycles. The Labute approximate surface area is 29.5 Å². The van der Waals surface area contributed by atoms with Crippen molar-refractivity contribution >= 4 is 18.4 Å². The molecule has 1 atom stereocenters. The Morgan fingerprint density at radius 1 is 2.00 bits per heavy atom. The van der Waals surface area contributed by atoms with E-state index in [2.05, 4.69) is 18.4 Å². The van der Waals surface area contributed by atoms with Crippen LogP contribution >= 0.6 is 18.4 Å². The number of hydrazine groups is 1. The fraction of sp³-hybridized carbons (Fsp3) is 0. The molecule has 0 spiro atoms. The third-order valence-corrected chi connectivity index (χ3v) is 0. The zero-order chi connectivity index (χ0) is 3.58. The minimum absolute atomic E-state index is 1.22. The van der Waals surface area contributed by atoms with Gasteiger partial charge in [-0.1, -0.05) is 0 Å². The smallest absolute Gasteiger partial charge is 0.122 e. The summed E-state index contributed by atoms with van der Waals surface area (Å²) >= 11 is 0. The molecule has 2 N–H and O–H groups in total. The fourth-order valence-corrected chi connectivity index (χ4v) is 0. The summed E-state index contributed by atoms with van der Waals surface area (Å²) in [6.07, 6.45) is 0. The minimum Gasteiger partial charge on any atom is -0.122 e. The van der Waals surface area contributed by atoms with E-state index < -0.39 is 0 Å². The fourth-order valence-electron chi connectivity index (χ4n) is 0. The second kappa shape index (κ2) is 1.78. The average Bonchev–Trinajstić information content (AvgIpc) is 0.811. The molecule has 0 aliphatic carbocycles. The largest absolute Gasteiger partial charge is 0.216 e. The van der Waals surface area contributed by atoms with Crippen LogP contribution in [0.15, 0.2) is 0 Å². The summed E-state index contributed by atoms with van der Waals surface area (Å²) in [7, 11) is 5.07. The van der Waals surface area contributed by atoms with Crippen molar-refractivity contribution in [1.82, 2.24) is 0 Å². The van der Waals surface area contributed by atoms with Gasteiger partial charge < -0.3 is 0 Å². The van der Waals surface area contributed by atoms with Crippen molar-refractivity contribution in [2.45, 2.75) is 0 Å². The molecule has 4 heavy (non-hydrogen) atoms. The van der Waals surface area contributed by atoms with E-state index in [-0.39, 0.29) is 0 Å². The molecule has 24 valence electrons. The van der Waals surface area contributed by atoms with Gasteiger partial charge in [-0.2, -0.15) is 0 Å². The number of hydrogen-bond donors (Lipinski definition) is 1. The third kappa shape index (κ3) is 23.0. The SMILES string of the molecule is N[N+](=P)P. The lowest BCUT2D eigenvalue weighted by Gasteiger charge is -1.61. The molecule has 0 radical (unpaired) electrons. The first-order valence-corrected chi connectivity index (χ1v) is 1.70. The summed E-state index contributed by atoms with van der Waals surface area (Å²) in [6.45, 7) is 0. The van der Waals surface area contributed by atoms with Crippen LogP contribution in [-0.4, -0.2) is 4.21 Å². The van der Waals surface area contributed by atoms with E-state index in [1.165, 1.54) is 4.21 Å². The molecule has 0 fully saturated rings. The second-order valence-electron chi connectivity index (χ2n) is 0.407. The molecule has 0 rings (SSSR count). The zero-order valence-corrected chi connectivity index (χ0v) is 4.26. The van der Waals surface area contributed by atoms with Gasteiger partial charge in [0.15, 0.2) is 9.39 Å². The summed E-state index contributed by atoms with van der Waals surface area (Å²) < 4.78 is 1.22. The standard InChI is InChI=1S/H5N2P2/c1-2(3)4/h3H,1,4H2/q+1. The molecule has 0 bridgehead atoms. The van der Waals surface area contributed by atoms with Gasteiger partial charge in [0.05, 0.1) is 0 Å². The van der Waals surface area contributed by atoms with E-state index in [1.54, 1.807) is 0 Å². The van der Waals surface area contributed by atoms with Crippen LogP contribution in [0, 0.1) is 0 Å². The van der Waals surface area contributed by atoms with E-state index in [0.29, 0.717) is 0 Å². The molecule has 0 amide bonds. The number of rotatable bonds is 0. The number of nitrogens with two attached hydrogens (primary N) is 1. The highest BCUT2D eigenvalue weighted by atomic mass is 31.1. The van der Waals surface area contributed by atoms with Crippen LogP contribution in [0.4, 0.5) is 0 Å². The van der Waals surface area contributed by atoms with E-state index in [4.69, 9.17) is 5.84 Å². The Morgan fingerprint density at radius 3 is 2.00 bits per heavy atom. The molecular formula is H5N2P2+. The number of hydrogen-bond acceptors (Lipinski definition) is 0. The summed E-state index contributed by atoms with van der Waals surface area (Å²) in [5.41, 5.74) is 0. The predicted octanol–water partition coefficient (Wildman–Crippen LogP) is -0.0109. The van der Waals surface area contributed by atoms with Crippen LogP contribution in [0.2, 0.25) is 0 Å². The van der Waals surface area contributed by atoms with Gasteiger partial charge in [-0.15, -0.1) is 10.1 Å². The highest BCUT2D eigenvalue weighted by Crippen LogP contribution is 1.74. The first-order chi connectivity index (χ1) is 1.73. The minimum atomic E-state index is 1.22. The Hall–Kier alpha value is 0.490. The van der Waals surface area contributed by atoms with Crippen molar-refractivity contribution in [3.8, 4) is 0 Å². The van der Waals surface area contributed by atoms with Crippen molar-refractivity contribution < 1.29 is 4.21 Å². The van der Waals surface area contributed by atoms with Crippen LogP contribution in [-0.2, 0) is 0 Å². The van der Waals surface area contributed by atoms with Crippen molar-refractivity contribution in [1.29, 1.82) is 0 Å². The Morgan fingerprint density at radius 2 is 2.00 bits per heavy atom. The molecule has 0 saturated heterocycles. The first-order valence-electron chi connectivity index (χ1n) is 0.740. The first kappa shape index (κ1) is 4.49. The molecule has 4 heteroatoms. The molecule has 0 aromatic heterocycles. The summed E-state index contributed by atoms with van der Waals surface area (Å²) in [5.74, 6) is 4.82. The molecule has 0 aliphatic rings. The lowest BCUT2D eigenvalue weighted by molar-refractivity contribution is -0.332. The molecule has 0 saturated carbocycles. The summed E-state index contributed by atoms with van der Waals surface area (Å²) in [6, 6.07) is 0. The van der Waals surface area contributed by atoms with Gasteiger partial charge in [-0.05, 0) is 0 Å². The van der Waals surface area contributed by atoms with E-state index in [1.807, 2.05) is 0 Å². The lowest BCUT2D eigenvalue weighted by atomic mass is 13.0. The van der Waals surface area contributed by atoms with Gasteiger partial charge in [0.1, 0.15) is 0 Å². The van der Waals surface area contributed by atoms with Crippen LogP contribution < -0.4 is 5.84 Å². The van der Waals surface area contributed by atoms with Crippen molar-refractivity contribution in [2.24, 2.45) is 5.84 Å². The second-order valence-corrected chi connectivity index (χ2v) is 2.00. The van der Waals surface area contributed by atoms with Crippen molar-refractivity contribution in [3.63, 3.8) is 0 Å². The van der Waals surface area contributed by atoms with E-state index in [9.17, 15) is 0 Å². The van der Waals surface area contributed by atoms with Gasteiger partial charge in [-0.3, -0.25) is 0 Å². The van der Waals surface area contributed by atoms with Gasteiger partial charge in [0.25, 0.3) is 0 Å². The summed E-state index contributed by atoms with van der Waals surface area (Å²) in [4.78, 5) is 0. The van der Waals surface area contributed by atoms with Crippen LogP contribution in [0.5, 0.6) is 0 Å². The highest BCUT2D eigenvalue weighted by molar-refractivity contribution is 7.15. The number of nitrogens with zero attached hydrogens (tertiary/aromatic N) is 1. The Kier molecular flexibility index (Phi) is 1.99. The topological polar surface area (TPSA) is 29.0 Å². The quantitative estimate of drug-likeness (QED) is 0.256. The lowest BCUT2D eigenvalue weighted by Crippen LogP contribution is -1.95. The van der Waals surface area contributed by atoms with E-state index in [0.717, 1.165) is 0 Å². The van der Waals surface area contributed by atoms with Gasteiger partial charge in [0.2, 0.25) is 9.03 Å². The molecule has 0 aliphatic heterocycles. The summed E-state index contributed by atoms with van der Waals surface area (Å²) in [5, 5.41) is 0. The molecule has 2 nitrogen and oxygen atoms in total. The maximum absolute atomic E-state index is 4.82. The van der Waals surface area contributed by atoms with Gasteiger partial charge in [-0.25, -0.2) is 0 Å².